The second-order valence-electron chi connectivity index (χ2n) is 5.21. The van der Waals surface area contributed by atoms with E-state index in [4.69, 9.17) is 5.26 Å². The summed E-state index contributed by atoms with van der Waals surface area (Å²) in [5, 5.41) is 12.2. The van der Waals surface area contributed by atoms with E-state index < -0.39 is 0 Å². The standard InChI is InChI=1S/C16H23N3/c1-2-15(9-10-17)18-13-14-5-7-16(8-6-14)19-11-3-4-12-19/h5-8,15,18H,2-4,9,11-13H2,1H3. The van der Waals surface area contributed by atoms with Crippen LogP contribution in [-0.2, 0) is 6.54 Å². The molecule has 0 aromatic heterocycles. The van der Waals surface area contributed by atoms with Gasteiger partial charge in [-0.1, -0.05) is 19.1 Å². The molecule has 1 aliphatic rings. The van der Waals surface area contributed by atoms with Crippen LogP contribution in [0.5, 0.6) is 0 Å². The fraction of sp³-hybridized carbons (Fsp3) is 0.562. The quantitative estimate of drug-likeness (QED) is 0.851. The van der Waals surface area contributed by atoms with Crippen LogP contribution in [0.25, 0.3) is 0 Å². The SMILES string of the molecule is CCC(CC#N)NCc1ccc(N2CCCC2)cc1. The Hall–Kier alpha value is -1.53. The first-order chi connectivity index (χ1) is 9.33. The van der Waals surface area contributed by atoms with Gasteiger partial charge in [0.1, 0.15) is 0 Å². The van der Waals surface area contributed by atoms with Crippen LogP contribution in [0.3, 0.4) is 0 Å². The van der Waals surface area contributed by atoms with Gasteiger partial charge in [0.25, 0.3) is 0 Å². The highest BCUT2D eigenvalue weighted by Gasteiger charge is 2.11. The van der Waals surface area contributed by atoms with Crippen LogP contribution in [0.2, 0.25) is 0 Å². The van der Waals surface area contributed by atoms with Crippen molar-refractivity contribution in [3.63, 3.8) is 0 Å². The number of hydrogen-bond donors (Lipinski definition) is 1. The summed E-state index contributed by atoms with van der Waals surface area (Å²) < 4.78 is 0. The first-order valence-corrected chi connectivity index (χ1v) is 7.27. The molecule has 1 atom stereocenters. The van der Waals surface area contributed by atoms with Crippen molar-refractivity contribution in [3.05, 3.63) is 29.8 Å². The van der Waals surface area contributed by atoms with Crippen LogP contribution in [0.15, 0.2) is 24.3 Å². The van der Waals surface area contributed by atoms with E-state index in [0.29, 0.717) is 12.5 Å². The van der Waals surface area contributed by atoms with Gasteiger partial charge in [-0.05, 0) is 37.0 Å². The third kappa shape index (κ3) is 3.97. The molecule has 2 rings (SSSR count). The Labute approximate surface area is 116 Å². The summed E-state index contributed by atoms with van der Waals surface area (Å²) in [5.74, 6) is 0. The number of nitrogens with one attached hydrogen (secondary N) is 1. The third-order valence-electron chi connectivity index (χ3n) is 3.83. The van der Waals surface area contributed by atoms with Crippen molar-refractivity contribution in [1.29, 1.82) is 5.26 Å². The number of anilines is 1. The Kier molecular flexibility index (Phi) is 5.23. The number of nitriles is 1. The van der Waals surface area contributed by atoms with Crippen LogP contribution in [-0.4, -0.2) is 19.1 Å². The van der Waals surface area contributed by atoms with Gasteiger partial charge in [0, 0.05) is 31.4 Å². The topological polar surface area (TPSA) is 39.1 Å². The van der Waals surface area contributed by atoms with Gasteiger partial charge in [-0.25, -0.2) is 0 Å². The van der Waals surface area contributed by atoms with Crippen LogP contribution >= 0.6 is 0 Å². The molecule has 0 radical (unpaired) electrons. The fourth-order valence-corrected chi connectivity index (χ4v) is 2.53. The van der Waals surface area contributed by atoms with Gasteiger partial charge in [0.05, 0.1) is 12.5 Å². The molecule has 0 saturated carbocycles. The number of rotatable bonds is 6. The normalized spacial score (nSPS) is 16.3. The number of benzene rings is 1. The zero-order valence-electron chi connectivity index (χ0n) is 11.7. The largest absolute Gasteiger partial charge is 0.372 e. The first-order valence-electron chi connectivity index (χ1n) is 7.27. The molecule has 3 nitrogen and oxygen atoms in total. The molecular weight excluding hydrogens is 234 g/mol. The Morgan fingerprint density at radius 1 is 1.26 bits per heavy atom. The summed E-state index contributed by atoms with van der Waals surface area (Å²) in [4.78, 5) is 2.45. The lowest BCUT2D eigenvalue weighted by molar-refractivity contribution is 0.505. The van der Waals surface area contributed by atoms with Crippen LogP contribution in [0.4, 0.5) is 5.69 Å². The lowest BCUT2D eigenvalue weighted by Crippen LogP contribution is -2.27. The van der Waals surface area contributed by atoms with E-state index in [9.17, 15) is 0 Å². The van der Waals surface area contributed by atoms with Crippen molar-refractivity contribution in [2.75, 3.05) is 18.0 Å². The molecule has 19 heavy (non-hydrogen) atoms. The molecule has 1 aliphatic heterocycles. The molecule has 1 N–H and O–H groups in total. The highest BCUT2D eigenvalue weighted by Crippen LogP contribution is 2.20. The summed E-state index contributed by atoms with van der Waals surface area (Å²) in [6.45, 7) is 5.35. The van der Waals surface area contributed by atoms with Crippen molar-refractivity contribution in [1.82, 2.24) is 5.32 Å². The lowest BCUT2D eigenvalue weighted by Gasteiger charge is -2.18. The summed E-state index contributed by atoms with van der Waals surface area (Å²) in [6, 6.07) is 11.4. The molecule has 1 aromatic carbocycles. The maximum absolute atomic E-state index is 8.73. The van der Waals surface area contributed by atoms with E-state index in [1.807, 2.05) is 0 Å². The average molecular weight is 257 g/mol. The molecule has 1 saturated heterocycles. The maximum atomic E-state index is 8.73. The molecule has 0 spiro atoms. The number of nitrogens with zero attached hydrogens (tertiary/aromatic N) is 2. The first kappa shape index (κ1) is 13.9. The number of hydrogen-bond acceptors (Lipinski definition) is 3. The van der Waals surface area contributed by atoms with Crippen molar-refractivity contribution >= 4 is 5.69 Å². The van der Waals surface area contributed by atoms with E-state index in [2.05, 4.69) is 47.5 Å². The highest BCUT2D eigenvalue weighted by atomic mass is 15.1. The molecule has 3 heteroatoms. The molecule has 1 aromatic rings. The van der Waals surface area contributed by atoms with Crippen molar-refractivity contribution in [3.8, 4) is 6.07 Å². The zero-order valence-corrected chi connectivity index (χ0v) is 11.7. The Morgan fingerprint density at radius 3 is 2.53 bits per heavy atom. The van der Waals surface area contributed by atoms with Gasteiger partial charge >= 0.3 is 0 Å². The van der Waals surface area contributed by atoms with Crippen molar-refractivity contribution in [2.45, 2.75) is 45.2 Å². The third-order valence-corrected chi connectivity index (χ3v) is 3.83. The van der Waals surface area contributed by atoms with Crippen molar-refractivity contribution in [2.24, 2.45) is 0 Å². The molecule has 1 heterocycles. The summed E-state index contributed by atoms with van der Waals surface area (Å²) in [5.41, 5.74) is 2.63. The molecule has 1 fully saturated rings. The monoisotopic (exact) mass is 257 g/mol. The summed E-state index contributed by atoms with van der Waals surface area (Å²) >= 11 is 0. The molecule has 0 amide bonds. The molecule has 102 valence electrons. The minimum Gasteiger partial charge on any atom is -0.372 e. The molecule has 0 aliphatic carbocycles. The van der Waals surface area contributed by atoms with Gasteiger partial charge in [-0.15, -0.1) is 0 Å². The summed E-state index contributed by atoms with van der Waals surface area (Å²) in [6.07, 6.45) is 4.22. The van der Waals surface area contributed by atoms with E-state index in [1.54, 1.807) is 0 Å². The Morgan fingerprint density at radius 2 is 1.95 bits per heavy atom. The van der Waals surface area contributed by atoms with E-state index in [1.165, 1.54) is 37.2 Å². The second-order valence-corrected chi connectivity index (χ2v) is 5.21. The van der Waals surface area contributed by atoms with Gasteiger partial charge in [0.15, 0.2) is 0 Å². The van der Waals surface area contributed by atoms with E-state index in [-0.39, 0.29) is 0 Å². The lowest BCUT2D eigenvalue weighted by atomic mass is 10.1. The Bertz CT molecular complexity index is 413. The summed E-state index contributed by atoms with van der Waals surface area (Å²) in [7, 11) is 0. The minimum absolute atomic E-state index is 0.309. The van der Waals surface area contributed by atoms with Crippen LogP contribution in [0, 0.1) is 11.3 Å². The van der Waals surface area contributed by atoms with Gasteiger partial charge in [-0.2, -0.15) is 5.26 Å². The predicted molar refractivity (Wildman–Crippen MR) is 79.0 cm³/mol. The predicted octanol–water partition coefficient (Wildman–Crippen LogP) is 3.07. The van der Waals surface area contributed by atoms with Gasteiger partial charge < -0.3 is 10.2 Å². The Balaban J connectivity index is 1.86. The fourth-order valence-electron chi connectivity index (χ4n) is 2.53. The second kappa shape index (κ2) is 7.16. The van der Waals surface area contributed by atoms with Crippen molar-refractivity contribution < 1.29 is 0 Å². The van der Waals surface area contributed by atoms with Gasteiger partial charge in [0.2, 0.25) is 0 Å². The zero-order chi connectivity index (χ0) is 13.5. The molecule has 0 bridgehead atoms. The van der Waals surface area contributed by atoms with E-state index >= 15 is 0 Å². The smallest absolute Gasteiger partial charge is 0.0638 e. The average Bonchev–Trinajstić information content (AvgIpc) is 2.98. The molecular formula is C16H23N3. The highest BCUT2D eigenvalue weighted by molar-refractivity contribution is 5.48. The van der Waals surface area contributed by atoms with Gasteiger partial charge in [-0.3, -0.25) is 0 Å². The molecule has 1 unspecified atom stereocenters. The van der Waals surface area contributed by atoms with E-state index in [0.717, 1.165) is 13.0 Å². The van der Waals surface area contributed by atoms with Crippen LogP contribution < -0.4 is 10.2 Å². The van der Waals surface area contributed by atoms with Crippen LogP contribution in [0.1, 0.15) is 38.2 Å². The maximum Gasteiger partial charge on any atom is 0.0638 e. The minimum atomic E-state index is 0.309.